The van der Waals surface area contributed by atoms with Gasteiger partial charge in [-0.25, -0.2) is 14.8 Å². The molecule has 0 atom stereocenters. The number of carboxylic acids is 1. The maximum absolute atomic E-state index is 11.7. The van der Waals surface area contributed by atoms with E-state index in [1.54, 1.807) is 36.8 Å². The van der Waals surface area contributed by atoms with Crippen molar-refractivity contribution in [3.63, 3.8) is 0 Å². The Hall–Kier alpha value is -3.38. The number of ether oxygens (including phenoxy) is 1. The molecule has 0 unspecified atom stereocenters. The van der Waals surface area contributed by atoms with Crippen molar-refractivity contribution in [2.75, 3.05) is 6.61 Å². The highest BCUT2D eigenvalue weighted by Gasteiger charge is 2.15. The topological polar surface area (TPSA) is 77.2 Å². The van der Waals surface area contributed by atoms with Crippen LogP contribution in [-0.4, -0.2) is 32.2 Å². The van der Waals surface area contributed by atoms with Crippen LogP contribution < -0.4 is 4.74 Å². The molecular formula is C21H16ClN3O3. The van der Waals surface area contributed by atoms with Crippen LogP contribution >= 0.6 is 11.6 Å². The van der Waals surface area contributed by atoms with Gasteiger partial charge in [-0.3, -0.25) is 0 Å². The van der Waals surface area contributed by atoms with E-state index in [0.29, 0.717) is 34.2 Å². The standard InChI is InChI=1S/C21H16ClN3O3/c1-2-28-20-6-3-13(9-16(20)21(26)27)17-11-19(25-8-7-23-12-25)15-5-4-14(22)10-18(15)24-17/h3-12H,2H2,1H3,(H,26,27). The number of hydrogen-bond donors (Lipinski definition) is 1. The van der Waals surface area contributed by atoms with E-state index >= 15 is 0 Å². The molecule has 2 aromatic carbocycles. The molecule has 2 heterocycles. The molecule has 1 N–H and O–H groups in total. The molecule has 0 aliphatic heterocycles. The second-order valence-electron chi connectivity index (χ2n) is 6.11. The Morgan fingerprint density at radius 1 is 1.21 bits per heavy atom. The van der Waals surface area contributed by atoms with Crippen molar-refractivity contribution in [1.82, 2.24) is 14.5 Å². The van der Waals surface area contributed by atoms with Crippen LogP contribution in [0.3, 0.4) is 0 Å². The average molecular weight is 394 g/mol. The predicted octanol–water partition coefficient (Wildman–Crippen LogP) is 4.84. The molecule has 4 rings (SSSR count). The van der Waals surface area contributed by atoms with Crippen molar-refractivity contribution in [3.05, 3.63) is 71.8 Å². The monoisotopic (exact) mass is 393 g/mol. The maximum atomic E-state index is 11.7. The van der Waals surface area contributed by atoms with E-state index in [4.69, 9.17) is 21.3 Å². The number of imidazole rings is 1. The lowest BCUT2D eigenvalue weighted by Crippen LogP contribution is -2.03. The van der Waals surface area contributed by atoms with Gasteiger partial charge in [0.25, 0.3) is 0 Å². The summed E-state index contributed by atoms with van der Waals surface area (Å²) < 4.78 is 7.31. The van der Waals surface area contributed by atoms with Crippen LogP contribution in [0.1, 0.15) is 17.3 Å². The second kappa shape index (κ2) is 7.32. The van der Waals surface area contributed by atoms with Gasteiger partial charge in [0, 0.05) is 28.4 Å². The molecule has 0 saturated heterocycles. The van der Waals surface area contributed by atoms with Gasteiger partial charge in [-0.1, -0.05) is 11.6 Å². The average Bonchev–Trinajstić information content (AvgIpc) is 3.22. The third kappa shape index (κ3) is 3.30. The number of fused-ring (bicyclic) bond motifs is 1. The SMILES string of the molecule is CCOc1ccc(-c2cc(-n3ccnc3)c3ccc(Cl)cc3n2)cc1C(=O)O. The van der Waals surface area contributed by atoms with Crippen LogP contribution in [0.15, 0.2) is 61.2 Å². The number of benzene rings is 2. The molecule has 140 valence electrons. The lowest BCUT2D eigenvalue weighted by Gasteiger charge is -2.13. The van der Waals surface area contributed by atoms with Gasteiger partial charge in [0.2, 0.25) is 0 Å². The fourth-order valence-electron chi connectivity index (χ4n) is 3.08. The molecule has 4 aromatic rings. The summed E-state index contributed by atoms with van der Waals surface area (Å²) in [6.45, 7) is 2.20. The maximum Gasteiger partial charge on any atom is 0.339 e. The van der Waals surface area contributed by atoms with E-state index < -0.39 is 5.97 Å². The molecular weight excluding hydrogens is 378 g/mol. The van der Waals surface area contributed by atoms with E-state index in [9.17, 15) is 9.90 Å². The molecule has 0 amide bonds. The van der Waals surface area contributed by atoms with Gasteiger partial charge >= 0.3 is 5.97 Å². The van der Waals surface area contributed by atoms with Crippen molar-refractivity contribution in [1.29, 1.82) is 0 Å². The fourth-order valence-corrected chi connectivity index (χ4v) is 3.25. The smallest absolute Gasteiger partial charge is 0.339 e. The minimum absolute atomic E-state index is 0.0940. The molecule has 0 fully saturated rings. The second-order valence-corrected chi connectivity index (χ2v) is 6.54. The first kappa shape index (κ1) is 18.0. The summed E-state index contributed by atoms with van der Waals surface area (Å²) in [5.74, 6) is -0.721. The molecule has 0 saturated carbocycles. The number of nitrogens with zero attached hydrogens (tertiary/aromatic N) is 3. The Morgan fingerprint density at radius 2 is 2.07 bits per heavy atom. The highest BCUT2D eigenvalue weighted by molar-refractivity contribution is 6.31. The van der Waals surface area contributed by atoms with Crippen molar-refractivity contribution in [3.8, 4) is 22.7 Å². The summed E-state index contributed by atoms with van der Waals surface area (Å²) in [6.07, 6.45) is 5.24. The third-order valence-corrected chi connectivity index (χ3v) is 4.57. The molecule has 7 heteroatoms. The molecule has 0 aliphatic rings. The first-order valence-corrected chi connectivity index (χ1v) is 9.03. The van der Waals surface area contributed by atoms with Crippen LogP contribution in [0, 0.1) is 0 Å². The van der Waals surface area contributed by atoms with Crippen LogP contribution in [0.5, 0.6) is 5.75 Å². The minimum Gasteiger partial charge on any atom is -0.493 e. The quantitative estimate of drug-likeness (QED) is 0.525. The van der Waals surface area contributed by atoms with Gasteiger partial charge in [0.15, 0.2) is 0 Å². The van der Waals surface area contributed by atoms with Crippen molar-refractivity contribution in [2.45, 2.75) is 6.92 Å². The van der Waals surface area contributed by atoms with E-state index in [1.807, 2.05) is 35.9 Å². The van der Waals surface area contributed by atoms with E-state index in [1.165, 1.54) is 0 Å². The van der Waals surface area contributed by atoms with Crippen LogP contribution in [0.4, 0.5) is 0 Å². The van der Waals surface area contributed by atoms with Crippen LogP contribution in [0.25, 0.3) is 27.8 Å². The third-order valence-electron chi connectivity index (χ3n) is 4.34. The summed E-state index contributed by atoms with van der Waals surface area (Å²) in [5.41, 5.74) is 2.98. The zero-order chi connectivity index (χ0) is 19.7. The van der Waals surface area contributed by atoms with Gasteiger partial charge in [0.05, 0.1) is 29.8 Å². The lowest BCUT2D eigenvalue weighted by atomic mass is 10.0. The largest absolute Gasteiger partial charge is 0.493 e. The van der Waals surface area contributed by atoms with E-state index in [-0.39, 0.29) is 5.56 Å². The Balaban J connectivity index is 1.94. The number of pyridine rings is 1. The Morgan fingerprint density at radius 3 is 2.79 bits per heavy atom. The summed E-state index contributed by atoms with van der Waals surface area (Å²) in [4.78, 5) is 20.5. The number of carbonyl (C=O) groups is 1. The number of aromatic nitrogens is 3. The molecule has 0 bridgehead atoms. The van der Waals surface area contributed by atoms with E-state index in [0.717, 1.165) is 11.1 Å². The van der Waals surface area contributed by atoms with Gasteiger partial charge in [-0.2, -0.15) is 0 Å². The van der Waals surface area contributed by atoms with E-state index in [2.05, 4.69) is 4.98 Å². The molecule has 0 spiro atoms. The first-order valence-electron chi connectivity index (χ1n) is 8.66. The van der Waals surface area contributed by atoms with Crippen molar-refractivity contribution >= 4 is 28.5 Å². The summed E-state index contributed by atoms with van der Waals surface area (Å²) >= 11 is 6.16. The Kier molecular flexibility index (Phi) is 4.71. The molecule has 0 radical (unpaired) electrons. The molecule has 2 aromatic heterocycles. The Labute approximate surface area is 166 Å². The number of hydrogen-bond acceptors (Lipinski definition) is 4. The zero-order valence-electron chi connectivity index (χ0n) is 15.0. The van der Waals surface area contributed by atoms with Crippen molar-refractivity contribution in [2.24, 2.45) is 0 Å². The highest BCUT2D eigenvalue weighted by atomic mass is 35.5. The number of halogens is 1. The number of aromatic carboxylic acids is 1. The zero-order valence-corrected chi connectivity index (χ0v) is 15.7. The molecule has 0 aliphatic carbocycles. The fraction of sp³-hybridized carbons (Fsp3) is 0.0952. The van der Waals surface area contributed by atoms with Crippen molar-refractivity contribution < 1.29 is 14.6 Å². The van der Waals surface area contributed by atoms with Gasteiger partial charge in [0.1, 0.15) is 11.3 Å². The highest BCUT2D eigenvalue weighted by Crippen LogP contribution is 2.31. The summed E-state index contributed by atoms with van der Waals surface area (Å²) in [6, 6.07) is 12.4. The normalized spacial score (nSPS) is 10.9. The summed E-state index contributed by atoms with van der Waals surface area (Å²) in [5, 5.41) is 11.0. The summed E-state index contributed by atoms with van der Waals surface area (Å²) in [7, 11) is 0. The lowest BCUT2D eigenvalue weighted by molar-refractivity contribution is 0.0692. The number of rotatable bonds is 5. The van der Waals surface area contributed by atoms with Gasteiger partial charge in [-0.05, 0) is 49.4 Å². The Bertz CT molecular complexity index is 1170. The minimum atomic E-state index is -1.05. The molecule has 28 heavy (non-hydrogen) atoms. The predicted molar refractivity (Wildman–Crippen MR) is 107 cm³/mol. The van der Waals surface area contributed by atoms with Gasteiger partial charge in [-0.15, -0.1) is 0 Å². The van der Waals surface area contributed by atoms with Crippen LogP contribution in [0.2, 0.25) is 5.02 Å². The van der Waals surface area contributed by atoms with Crippen LogP contribution in [-0.2, 0) is 0 Å². The first-order chi connectivity index (χ1) is 13.6. The molecule has 6 nitrogen and oxygen atoms in total. The van der Waals surface area contributed by atoms with Gasteiger partial charge < -0.3 is 14.4 Å². The number of carboxylic acid groups (broad SMARTS) is 1.